The van der Waals surface area contributed by atoms with E-state index in [0.717, 1.165) is 26.3 Å². The van der Waals surface area contributed by atoms with Crippen molar-refractivity contribution < 1.29 is 15.2 Å². The number of rotatable bonds is 8. The van der Waals surface area contributed by atoms with E-state index in [0.29, 0.717) is 13.2 Å². The molecule has 1 aliphatic rings. The van der Waals surface area contributed by atoms with Crippen LogP contribution in [-0.2, 0) is 9.47 Å². The third kappa shape index (κ3) is 5.54. The van der Waals surface area contributed by atoms with Gasteiger partial charge in [-0.05, 0) is 25.9 Å². The van der Waals surface area contributed by atoms with Gasteiger partial charge in [-0.25, -0.2) is 0 Å². The lowest BCUT2D eigenvalue weighted by Gasteiger charge is -2.14. The second-order valence-electron chi connectivity index (χ2n) is 3.63. The maximum Gasteiger partial charge on any atom is 0.0977 e. The lowest BCUT2D eigenvalue weighted by atomic mass is 10.4. The molecule has 4 heteroatoms. The summed E-state index contributed by atoms with van der Waals surface area (Å²) in [6.45, 7) is 7.43. The lowest BCUT2D eigenvalue weighted by molar-refractivity contribution is -0.374. The first-order valence-corrected chi connectivity index (χ1v) is 5.60. The Morgan fingerprint density at radius 3 is 2.21 bits per heavy atom. The van der Waals surface area contributed by atoms with Gasteiger partial charge in [-0.1, -0.05) is 0 Å². The van der Waals surface area contributed by atoms with Crippen molar-refractivity contribution in [1.29, 1.82) is 0 Å². The summed E-state index contributed by atoms with van der Waals surface area (Å²) in [6.07, 6.45) is 2.71. The number of nitrogens with zero attached hydrogens (tertiary/aromatic N) is 1. The Bertz CT molecular complexity index is 127. The average molecular weight is 203 g/mol. The van der Waals surface area contributed by atoms with E-state index in [4.69, 9.17) is 9.47 Å². The topological polar surface area (TPSA) is 49.3 Å². The summed E-state index contributed by atoms with van der Waals surface area (Å²) < 4.78 is 10.7. The van der Waals surface area contributed by atoms with Crippen molar-refractivity contribution in [2.75, 3.05) is 52.6 Å². The molecule has 84 valence electrons. The highest BCUT2D eigenvalue weighted by Crippen LogP contribution is 2.05. The van der Waals surface area contributed by atoms with Crippen LogP contribution < -0.4 is 5.73 Å². The molecule has 1 fully saturated rings. The molecule has 0 radical (unpaired) electrons. The number of ether oxygens (including phenoxy) is 2. The Kier molecular flexibility index (Phi) is 6.95. The molecule has 14 heavy (non-hydrogen) atoms. The van der Waals surface area contributed by atoms with Crippen molar-refractivity contribution >= 4 is 0 Å². The zero-order valence-electron chi connectivity index (χ0n) is 9.04. The molecule has 0 unspecified atom stereocenters. The Morgan fingerprint density at radius 1 is 0.929 bits per heavy atom. The summed E-state index contributed by atoms with van der Waals surface area (Å²) in [7, 11) is 0. The maximum absolute atomic E-state index is 5.46. The van der Waals surface area contributed by atoms with Gasteiger partial charge in [0.05, 0.1) is 33.0 Å². The second-order valence-corrected chi connectivity index (χ2v) is 3.63. The Hall–Kier alpha value is -0.160. The summed E-state index contributed by atoms with van der Waals surface area (Å²) in [5.74, 6) is 0. The van der Waals surface area contributed by atoms with Crippen LogP contribution in [0.5, 0.6) is 0 Å². The van der Waals surface area contributed by atoms with Gasteiger partial charge in [0.25, 0.3) is 0 Å². The van der Waals surface area contributed by atoms with Gasteiger partial charge in [0, 0.05) is 6.54 Å². The van der Waals surface area contributed by atoms with E-state index < -0.39 is 0 Å². The quantitative estimate of drug-likeness (QED) is 0.534. The van der Waals surface area contributed by atoms with Crippen molar-refractivity contribution in [2.45, 2.75) is 12.8 Å². The van der Waals surface area contributed by atoms with Crippen LogP contribution in [-0.4, -0.2) is 57.5 Å². The van der Waals surface area contributed by atoms with Crippen molar-refractivity contribution in [3.63, 3.8) is 0 Å². The molecule has 4 nitrogen and oxygen atoms in total. The fraction of sp³-hybridized carbons (Fsp3) is 1.00. The molecular formula is C10H23N2O2+. The van der Waals surface area contributed by atoms with Crippen LogP contribution in [0, 0.1) is 0 Å². The molecular weight excluding hydrogens is 180 g/mol. The minimum absolute atomic E-state index is 0.704. The van der Waals surface area contributed by atoms with Crippen molar-refractivity contribution in [3.05, 3.63) is 0 Å². The Morgan fingerprint density at radius 2 is 1.57 bits per heavy atom. The Balaban J connectivity index is 1.75. The van der Waals surface area contributed by atoms with Gasteiger partial charge in [0.15, 0.2) is 0 Å². The Labute approximate surface area is 86.3 Å². The minimum atomic E-state index is 0.704. The molecule has 3 N–H and O–H groups in total. The van der Waals surface area contributed by atoms with Gasteiger partial charge in [-0.3, -0.25) is 0 Å². The molecule has 0 aliphatic carbocycles. The van der Waals surface area contributed by atoms with Crippen LogP contribution in [0.25, 0.3) is 0 Å². The first-order valence-electron chi connectivity index (χ1n) is 5.60. The number of likely N-dealkylation sites (tertiary alicyclic amines) is 1. The van der Waals surface area contributed by atoms with Crippen LogP contribution in [0.15, 0.2) is 0 Å². The van der Waals surface area contributed by atoms with Crippen LogP contribution in [0.1, 0.15) is 12.8 Å². The molecule has 0 spiro atoms. The van der Waals surface area contributed by atoms with E-state index in [-0.39, 0.29) is 0 Å². The van der Waals surface area contributed by atoms with Crippen molar-refractivity contribution in [3.8, 4) is 0 Å². The fourth-order valence-electron chi connectivity index (χ4n) is 1.62. The van der Waals surface area contributed by atoms with Gasteiger partial charge < -0.3 is 20.1 Å². The summed E-state index contributed by atoms with van der Waals surface area (Å²) in [4.78, 5) is 2.46. The summed E-state index contributed by atoms with van der Waals surface area (Å²) >= 11 is 0. The van der Waals surface area contributed by atoms with E-state index in [9.17, 15) is 0 Å². The van der Waals surface area contributed by atoms with Crippen LogP contribution >= 0.6 is 0 Å². The zero-order valence-corrected chi connectivity index (χ0v) is 9.04. The van der Waals surface area contributed by atoms with Crippen molar-refractivity contribution in [1.82, 2.24) is 4.90 Å². The number of hydrogen-bond donors (Lipinski definition) is 1. The monoisotopic (exact) mass is 203 g/mol. The first kappa shape index (κ1) is 11.9. The minimum Gasteiger partial charge on any atom is -0.378 e. The van der Waals surface area contributed by atoms with Crippen LogP contribution in [0.4, 0.5) is 0 Å². The summed E-state index contributed by atoms with van der Waals surface area (Å²) in [5, 5.41) is 0. The van der Waals surface area contributed by atoms with Gasteiger partial charge >= 0.3 is 0 Å². The van der Waals surface area contributed by atoms with E-state index in [1.807, 2.05) is 0 Å². The second kappa shape index (κ2) is 8.17. The smallest absolute Gasteiger partial charge is 0.0977 e. The molecule has 0 aromatic heterocycles. The first-order chi connectivity index (χ1) is 6.93. The molecule has 0 atom stereocenters. The van der Waals surface area contributed by atoms with Crippen LogP contribution in [0.3, 0.4) is 0 Å². The molecule has 1 aliphatic heterocycles. The summed E-state index contributed by atoms with van der Waals surface area (Å²) in [6, 6.07) is 0. The van der Waals surface area contributed by atoms with E-state index in [1.54, 1.807) is 0 Å². The maximum atomic E-state index is 5.46. The molecule has 1 heterocycles. The zero-order chi connectivity index (χ0) is 10.1. The molecule has 0 aromatic rings. The third-order valence-corrected chi connectivity index (χ3v) is 2.41. The van der Waals surface area contributed by atoms with E-state index in [1.165, 1.54) is 25.9 Å². The van der Waals surface area contributed by atoms with Gasteiger partial charge in [0.2, 0.25) is 0 Å². The predicted octanol–water partition coefficient (Wildman–Crippen LogP) is -0.643. The third-order valence-electron chi connectivity index (χ3n) is 2.41. The SMILES string of the molecule is [NH3+]CCOCCOCCN1CCCC1. The lowest BCUT2D eigenvalue weighted by Crippen LogP contribution is -2.52. The number of hydrogen-bond acceptors (Lipinski definition) is 3. The van der Waals surface area contributed by atoms with Crippen molar-refractivity contribution in [2.24, 2.45) is 0 Å². The highest BCUT2D eigenvalue weighted by atomic mass is 16.5. The van der Waals surface area contributed by atoms with E-state index in [2.05, 4.69) is 10.6 Å². The standard InChI is InChI=1S/C10H22N2O2/c11-3-7-13-9-10-14-8-6-12-4-1-2-5-12/h1-11H2/p+1. The van der Waals surface area contributed by atoms with E-state index >= 15 is 0 Å². The number of quaternary nitrogens is 1. The highest BCUT2D eigenvalue weighted by molar-refractivity contribution is 4.64. The summed E-state index contributed by atoms with van der Waals surface area (Å²) in [5.41, 5.74) is 3.70. The largest absolute Gasteiger partial charge is 0.378 e. The normalized spacial score (nSPS) is 17.8. The van der Waals surface area contributed by atoms with Crippen LogP contribution in [0.2, 0.25) is 0 Å². The highest BCUT2D eigenvalue weighted by Gasteiger charge is 2.09. The molecule has 0 saturated carbocycles. The average Bonchev–Trinajstić information content (AvgIpc) is 2.69. The van der Waals surface area contributed by atoms with Gasteiger partial charge in [-0.2, -0.15) is 0 Å². The van der Waals surface area contributed by atoms with Gasteiger partial charge in [-0.15, -0.1) is 0 Å². The van der Waals surface area contributed by atoms with Gasteiger partial charge in [0.1, 0.15) is 0 Å². The fourth-order valence-corrected chi connectivity index (χ4v) is 1.62. The predicted molar refractivity (Wildman–Crippen MR) is 55.1 cm³/mol. The molecule has 1 saturated heterocycles. The molecule has 1 rings (SSSR count). The molecule has 0 amide bonds. The molecule has 0 aromatic carbocycles. The molecule has 0 bridgehead atoms.